The average molecular weight is 153 g/mol. The highest BCUT2D eigenvalue weighted by atomic mass is 17.1. The Morgan fingerprint density at radius 3 is 2.27 bits per heavy atom. The molecule has 0 radical (unpaired) electrons. The second kappa shape index (κ2) is 3.25. The summed E-state index contributed by atoms with van der Waals surface area (Å²) in [5.74, 6) is 0.501. The SMILES string of the molecule is C/C(OO)=C(\C)n1cccc1. The quantitative estimate of drug-likeness (QED) is 0.401. The normalized spacial score (nSPS) is 12.6. The van der Waals surface area contributed by atoms with Crippen LogP contribution in [0.15, 0.2) is 30.3 Å². The van der Waals surface area contributed by atoms with Crippen LogP contribution in [0.2, 0.25) is 0 Å². The Morgan fingerprint density at radius 2 is 1.82 bits per heavy atom. The van der Waals surface area contributed by atoms with E-state index in [-0.39, 0.29) is 0 Å². The van der Waals surface area contributed by atoms with E-state index >= 15 is 0 Å². The van der Waals surface area contributed by atoms with Crippen LogP contribution in [0.1, 0.15) is 13.8 Å². The Hall–Kier alpha value is -1.22. The molecule has 0 saturated heterocycles. The highest BCUT2D eigenvalue weighted by Crippen LogP contribution is 2.09. The lowest BCUT2D eigenvalue weighted by atomic mass is 10.4. The van der Waals surface area contributed by atoms with Crippen LogP contribution in [0.5, 0.6) is 0 Å². The number of rotatable bonds is 2. The van der Waals surface area contributed by atoms with Gasteiger partial charge in [0.2, 0.25) is 0 Å². The molecule has 3 nitrogen and oxygen atoms in total. The van der Waals surface area contributed by atoms with Crippen LogP contribution in [-0.2, 0) is 4.89 Å². The van der Waals surface area contributed by atoms with Crippen LogP contribution in [0.25, 0.3) is 5.70 Å². The lowest BCUT2D eigenvalue weighted by Crippen LogP contribution is -1.94. The molecule has 1 aromatic heterocycles. The molecule has 0 aliphatic heterocycles. The number of hydrogen-bond donors (Lipinski definition) is 1. The van der Waals surface area contributed by atoms with Crippen LogP contribution < -0.4 is 0 Å². The molecule has 1 heterocycles. The van der Waals surface area contributed by atoms with Gasteiger partial charge in [-0.05, 0) is 26.0 Å². The van der Waals surface area contributed by atoms with Crippen LogP contribution in [-0.4, -0.2) is 9.82 Å². The van der Waals surface area contributed by atoms with Gasteiger partial charge >= 0.3 is 0 Å². The monoisotopic (exact) mass is 153 g/mol. The van der Waals surface area contributed by atoms with Crippen molar-refractivity contribution < 1.29 is 10.1 Å². The summed E-state index contributed by atoms with van der Waals surface area (Å²) < 4.78 is 1.87. The number of hydrogen-bond acceptors (Lipinski definition) is 2. The molecule has 0 spiro atoms. The maximum Gasteiger partial charge on any atom is 0.158 e. The molecular weight excluding hydrogens is 142 g/mol. The van der Waals surface area contributed by atoms with Gasteiger partial charge in [-0.1, -0.05) is 0 Å². The van der Waals surface area contributed by atoms with E-state index in [1.54, 1.807) is 6.92 Å². The number of aromatic nitrogens is 1. The fourth-order valence-corrected chi connectivity index (χ4v) is 0.806. The van der Waals surface area contributed by atoms with Crippen LogP contribution in [0.4, 0.5) is 0 Å². The van der Waals surface area contributed by atoms with E-state index in [2.05, 4.69) is 4.89 Å². The van der Waals surface area contributed by atoms with Crippen LogP contribution >= 0.6 is 0 Å². The fraction of sp³-hybridized carbons (Fsp3) is 0.250. The van der Waals surface area contributed by atoms with E-state index in [4.69, 9.17) is 5.26 Å². The Morgan fingerprint density at radius 1 is 1.27 bits per heavy atom. The summed E-state index contributed by atoms with van der Waals surface area (Å²) in [4.78, 5) is 4.09. The Bertz CT molecular complexity index is 249. The highest BCUT2D eigenvalue weighted by molar-refractivity contribution is 5.44. The minimum atomic E-state index is 0.501. The van der Waals surface area contributed by atoms with Gasteiger partial charge in [0.15, 0.2) is 5.76 Å². The zero-order valence-electron chi connectivity index (χ0n) is 6.61. The molecule has 1 aromatic rings. The molecule has 0 aromatic carbocycles. The van der Waals surface area contributed by atoms with Gasteiger partial charge in [-0.2, -0.15) is 0 Å². The summed E-state index contributed by atoms with van der Waals surface area (Å²) in [5.41, 5.74) is 0.873. The predicted octanol–water partition coefficient (Wildman–Crippen LogP) is 2.19. The van der Waals surface area contributed by atoms with E-state index in [1.807, 2.05) is 36.0 Å². The fourth-order valence-electron chi connectivity index (χ4n) is 0.806. The molecule has 0 atom stereocenters. The van der Waals surface area contributed by atoms with E-state index in [9.17, 15) is 0 Å². The smallest absolute Gasteiger partial charge is 0.158 e. The molecule has 0 aliphatic carbocycles. The molecule has 60 valence electrons. The van der Waals surface area contributed by atoms with Gasteiger partial charge in [0.25, 0.3) is 0 Å². The van der Waals surface area contributed by atoms with Gasteiger partial charge in [0.05, 0.1) is 5.70 Å². The van der Waals surface area contributed by atoms with Gasteiger partial charge in [-0.25, -0.2) is 5.26 Å². The summed E-state index contributed by atoms with van der Waals surface area (Å²) in [6.45, 7) is 3.57. The van der Waals surface area contributed by atoms with Crippen molar-refractivity contribution in [2.45, 2.75) is 13.8 Å². The zero-order chi connectivity index (χ0) is 8.27. The van der Waals surface area contributed by atoms with Gasteiger partial charge in [-0.15, -0.1) is 0 Å². The Kier molecular flexibility index (Phi) is 2.33. The third-order valence-corrected chi connectivity index (χ3v) is 1.64. The molecule has 0 bridgehead atoms. The minimum Gasteiger partial charge on any atom is -0.343 e. The molecule has 0 aliphatic rings. The summed E-state index contributed by atoms with van der Waals surface area (Å²) in [6, 6.07) is 3.82. The first-order valence-corrected chi connectivity index (χ1v) is 3.38. The maximum absolute atomic E-state index is 8.33. The zero-order valence-corrected chi connectivity index (χ0v) is 6.61. The molecule has 1 rings (SSSR count). The number of nitrogens with zero attached hydrogens (tertiary/aromatic N) is 1. The van der Waals surface area contributed by atoms with Gasteiger partial charge in [0, 0.05) is 12.4 Å². The van der Waals surface area contributed by atoms with Gasteiger partial charge in [-0.3, -0.25) is 0 Å². The largest absolute Gasteiger partial charge is 0.343 e. The van der Waals surface area contributed by atoms with Crippen molar-refractivity contribution in [2.75, 3.05) is 0 Å². The Balaban J connectivity index is 2.93. The van der Waals surface area contributed by atoms with E-state index in [0.29, 0.717) is 5.76 Å². The van der Waals surface area contributed by atoms with Crippen molar-refractivity contribution in [3.63, 3.8) is 0 Å². The lowest BCUT2D eigenvalue weighted by Gasteiger charge is -2.04. The summed E-state index contributed by atoms with van der Waals surface area (Å²) in [7, 11) is 0. The maximum atomic E-state index is 8.33. The molecule has 3 heteroatoms. The van der Waals surface area contributed by atoms with E-state index in [1.165, 1.54) is 0 Å². The second-order valence-corrected chi connectivity index (χ2v) is 2.32. The first kappa shape index (κ1) is 7.88. The summed E-state index contributed by atoms with van der Waals surface area (Å²) >= 11 is 0. The predicted molar refractivity (Wildman–Crippen MR) is 42.7 cm³/mol. The molecule has 0 amide bonds. The van der Waals surface area contributed by atoms with Crippen molar-refractivity contribution in [3.8, 4) is 0 Å². The third kappa shape index (κ3) is 1.62. The second-order valence-electron chi connectivity index (χ2n) is 2.32. The van der Waals surface area contributed by atoms with E-state index in [0.717, 1.165) is 5.70 Å². The molecule has 1 N–H and O–H groups in total. The van der Waals surface area contributed by atoms with Crippen LogP contribution in [0.3, 0.4) is 0 Å². The highest BCUT2D eigenvalue weighted by Gasteiger charge is 1.97. The minimum absolute atomic E-state index is 0.501. The standard InChI is InChI=1S/C8H11NO2/c1-7(8(2)11-10)9-5-3-4-6-9/h3-6,10H,1-2H3/b8-7-. The summed E-state index contributed by atoms with van der Waals surface area (Å²) in [5, 5.41) is 8.33. The van der Waals surface area contributed by atoms with Crippen molar-refractivity contribution in [1.82, 2.24) is 4.57 Å². The molecule has 0 unspecified atom stereocenters. The average Bonchev–Trinajstić information content (AvgIpc) is 2.53. The molecule has 0 saturated carbocycles. The van der Waals surface area contributed by atoms with Crippen molar-refractivity contribution in [1.29, 1.82) is 0 Å². The van der Waals surface area contributed by atoms with E-state index < -0.39 is 0 Å². The lowest BCUT2D eigenvalue weighted by molar-refractivity contribution is -0.201. The first-order chi connectivity index (χ1) is 5.25. The molecule has 0 fully saturated rings. The topological polar surface area (TPSA) is 34.4 Å². The van der Waals surface area contributed by atoms with Crippen molar-refractivity contribution in [3.05, 3.63) is 30.3 Å². The third-order valence-electron chi connectivity index (χ3n) is 1.64. The first-order valence-electron chi connectivity index (χ1n) is 3.38. The van der Waals surface area contributed by atoms with Crippen LogP contribution in [0, 0.1) is 0 Å². The molecule has 11 heavy (non-hydrogen) atoms. The van der Waals surface area contributed by atoms with Crippen molar-refractivity contribution >= 4 is 5.70 Å². The van der Waals surface area contributed by atoms with Crippen molar-refractivity contribution in [2.24, 2.45) is 0 Å². The Labute approximate surface area is 65.5 Å². The number of allylic oxidation sites excluding steroid dienone is 2. The van der Waals surface area contributed by atoms with Gasteiger partial charge in [0.1, 0.15) is 0 Å². The van der Waals surface area contributed by atoms with Gasteiger partial charge < -0.3 is 9.45 Å². The molecular formula is C8H11NO2. The summed E-state index contributed by atoms with van der Waals surface area (Å²) in [6.07, 6.45) is 3.77.